The second-order valence-electron chi connectivity index (χ2n) is 9.49. The fraction of sp³-hybridized carbons (Fsp3) is 0.480. The molecule has 0 bridgehead atoms. The lowest BCUT2D eigenvalue weighted by atomic mass is 9.99. The number of aromatic hydroxyl groups is 1. The third-order valence-electron chi connectivity index (χ3n) is 6.56. The number of ketones is 1. The number of rotatable bonds is 6. The fourth-order valence-corrected chi connectivity index (χ4v) is 4.89. The molecule has 33 heavy (non-hydrogen) atoms. The highest BCUT2D eigenvalue weighted by molar-refractivity contribution is 6.00. The number of hydrogen-bond acceptors (Lipinski definition) is 5. The molecule has 3 heterocycles. The van der Waals surface area contributed by atoms with Gasteiger partial charge in [-0.2, -0.15) is 0 Å². The maximum Gasteiger partial charge on any atom is 0.276 e. The Hall–Kier alpha value is -3.00. The van der Waals surface area contributed by atoms with Crippen LogP contribution in [0.3, 0.4) is 0 Å². The topological polar surface area (TPSA) is 82.8 Å². The number of hydrogen-bond donors (Lipinski definition) is 1. The van der Waals surface area contributed by atoms with E-state index < -0.39 is 17.0 Å². The zero-order valence-electron chi connectivity index (χ0n) is 19.3. The molecule has 1 fully saturated rings. The predicted molar refractivity (Wildman–Crippen MR) is 122 cm³/mol. The van der Waals surface area contributed by atoms with Crippen molar-refractivity contribution >= 4 is 11.7 Å². The van der Waals surface area contributed by atoms with E-state index in [1.165, 1.54) is 18.3 Å². The second-order valence-corrected chi connectivity index (χ2v) is 9.49. The normalized spacial score (nSPS) is 20.6. The van der Waals surface area contributed by atoms with Crippen LogP contribution in [0.2, 0.25) is 0 Å². The first-order valence-corrected chi connectivity index (χ1v) is 11.5. The summed E-state index contributed by atoms with van der Waals surface area (Å²) >= 11 is 0. The summed E-state index contributed by atoms with van der Waals surface area (Å²) in [5.41, 5.74) is -0.220. The predicted octanol–water partition coefficient (Wildman–Crippen LogP) is 3.04. The van der Waals surface area contributed by atoms with Crippen molar-refractivity contribution in [2.75, 3.05) is 13.1 Å². The van der Waals surface area contributed by atoms with Crippen molar-refractivity contribution in [2.45, 2.75) is 58.8 Å². The number of pyridine rings is 1. The molecule has 1 aromatic heterocycles. The number of halogens is 1. The Morgan fingerprint density at radius 3 is 2.58 bits per heavy atom. The highest BCUT2D eigenvalue weighted by Gasteiger charge is 2.43. The number of aryl methyl sites for hydroxylation is 1. The molecule has 2 aliphatic rings. The summed E-state index contributed by atoms with van der Waals surface area (Å²) in [4.78, 5) is 43.1. The Morgan fingerprint density at radius 1 is 1.21 bits per heavy atom. The second kappa shape index (κ2) is 9.09. The first-order chi connectivity index (χ1) is 15.7. The number of amides is 1. The first-order valence-electron chi connectivity index (χ1n) is 11.5. The molecule has 1 N–H and O–H groups in total. The number of carbonyl (C=O) groups is 2. The summed E-state index contributed by atoms with van der Waals surface area (Å²) < 4.78 is 14.7. The van der Waals surface area contributed by atoms with E-state index in [-0.39, 0.29) is 41.6 Å². The molecule has 2 aliphatic heterocycles. The Labute approximate surface area is 192 Å². The van der Waals surface area contributed by atoms with E-state index in [1.54, 1.807) is 21.6 Å². The Morgan fingerprint density at radius 2 is 1.91 bits per heavy atom. The SMILES string of the molecule is CC(C)CN1CC[C@@H](C)N2C(=O)c3c(O)c(=O)c(C(=O)CCc4ccc(F)cc4)cn3C[C@H]12. The lowest BCUT2D eigenvalue weighted by Crippen LogP contribution is -2.64. The van der Waals surface area contributed by atoms with Gasteiger partial charge in [0, 0.05) is 31.7 Å². The van der Waals surface area contributed by atoms with Crippen LogP contribution in [-0.4, -0.2) is 56.5 Å². The van der Waals surface area contributed by atoms with E-state index in [4.69, 9.17) is 0 Å². The van der Waals surface area contributed by atoms with Crippen LogP contribution in [0.25, 0.3) is 0 Å². The molecule has 7 nitrogen and oxygen atoms in total. The molecule has 4 rings (SSSR count). The van der Waals surface area contributed by atoms with Crippen molar-refractivity contribution in [1.82, 2.24) is 14.4 Å². The van der Waals surface area contributed by atoms with Gasteiger partial charge in [-0.05, 0) is 43.4 Å². The van der Waals surface area contributed by atoms with Crippen molar-refractivity contribution < 1.29 is 19.1 Å². The summed E-state index contributed by atoms with van der Waals surface area (Å²) in [6, 6.07) is 5.84. The highest BCUT2D eigenvalue weighted by Crippen LogP contribution is 2.31. The molecule has 0 spiro atoms. The van der Waals surface area contributed by atoms with E-state index in [9.17, 15) is 23.9 Å². The molecule has 176 valence electrons. The van der Waals surface area contributed by atoms with Gasteiger partial charge < -0.3 is 14.6 Å². The molecule has 0 saturated carbocycles. The van der Waals surface area contributed by atoms with E-state index in [2.05, 4.69) is 18.7 Å². The molecule has 0 radical (unpaired) electrons. The minimum Gasteiger partial charge on any atom is -0.503 e. The number of Topliss-reactive ketones (excluding diaryl/α,β-unsaturated/α-hetero) is 1. The van der Waals surface area contributed by atoms with Crippen molar-refractivity contribution in [3.8, 4) is 5.75 Å². The average Bonchev–Trinajstić information content (AvgIpc) is 2.77. The van der Waals surface area contributed by atoms with Gasteiger partial charge in [0.2, 0.25) is 5.43 Å². The van der Waals surface area contributed by atoms with Crippen LogP contribution in [0.5, 0.6) is 5.75 Å². The number of nitrogens with zero attached hydrogens (tertiary/aromatic N) is 3. The molecular formula is C25H30FN3O4. The van der Waals surface area contributed by atoms with Crippen molar-refractivity contribution in [1.29, 1.82) is 0 Å². The molecule has 0 unspecified atom stereocenters. The molecular weight excluding hydrogens is 425 g/mol. The summed E-state index contributed by atoms with van der Waals surface area (Å²) in [6.07, 6.45) is 2.43. The van der Waals surface area contributed by atoms with Crippen LogP contribution >= 0.6 is 0 Å². The van der Waals surface area contributed by atoms with Gasteiger partial charge in [0.1, 0.15) is 12.0 Å². The van der Waals surface area contributed by atoms with Gasteiger partial charge in [-0.3, -0.25) is 19.3 Å². The lowest BCUT2D eigenvalue weighted by molar-refractivity contribution is -0.0366. The zero-order chi connectivity index (χ0) is 23.9. The summed E-state index contributed by atoms with van der Waals surface area (Å²) in [5, 5.41) is 10.7. The quantitative estimate of drug-likeness (QED) is 0.677. The zero-order valence-corrected chi connectivity index (χ0v) is 19.3. The number of aromatic nitrogens is 1. The Bertz CT molecular complexity index is 1130. The van der Waals surface area contributed by atoms with Crippen LogP contribution in [0.4, 0.5) is 4.39 Å². The molecule has 8 heteroatoms. The van der Waals surface area contributed by atoms with Gasteiger partial charge in [0.05, 0.1) is 12.1 Å². The standard InChI is InChI=1S/C25H30FN3O4/c1-15(2)12-27-11-10-16(3)29-21(27)14-28-13-19(23(31)24(32)22(28)25(29)33)20(30)9-6-17-4-7-18(26)8-5-17/h4-5,7-8,13,15-16,21,32H,6,9-12,14H2,1-3H3/t16-,21-/m1/s1. The smallest absolute Gasteiger partial charge is 0.276 e. The van der Waals surface area contributed by atoms with Crippen molar-refractivity contribution in [3.63, 3.8) is 0 Å². The third-order valence-corrected chi connectivity index (χ3v) is 6.56. The first kappa shape index (κ1) is 23.2. The average molecular weight is 456 g/mol. The van der Waals surface area contributed by atoms with Crippen molar-refractivity contribution in [3.05, 3.63) is 63.3 Å². The van der Waals surface area contributed by atoms with Crippen molar-refractivity contribution in [2.24, 2.45) is 5.92 Å². The van der Waals surface area contributed by atoms with E-state index in [1.807, 2.05) is 6.92 Å². The van der Waals surface area contributed by atoms with Gasteiger partial charge in [-0.15, -0.1) is 0 Å². The van der Waals surface area contributed by atoms with E-state index >= 15 is 0 Å². The van der Waals surface area contributed by atoms with Crippen LogP contribution in [0.15, 0.2) is 35.3 Å². The largest absolute Gasteiger partial charge is 0.503 e. The maximum atomic E-state index is 13.3. The molecule has 1 saturated heterocycles. The van der Waals surface area contributed by atoms with Crippen LogP contribution in [0.1, 0.15) is 60.0 Å². The Kier molecular flexibility index (Phi) is 6.38. The molecule has 1 aromatic carbocycles. The van der Waals surface area contributed by atoms with Gasteiger partial charge in [-0.1, -0.05) is 26.0 Å². The third kappa shape index (κ3) is 4.44. The minimum absolute atomic E-state index is 0.00816. The fourth-order valence-electron chi connectivity index (χ4n) is 4.89. The number of fused-ring (bicyclic) bond motifs is 2. The molecule has 2 aromatic rings. The lowest BCUT2D eigenvalue weighted by Gasteiger charge is -2.50. The van der Waals surface area contributed by atoms with Crippen LogP contribution < -0.4 is 5.43 Å². The molecule has 1 amide bonds. The van der Waals surface area contributed by atoms with E-state index in [0.717, 1.165) is 25.1 Å². The summed E-state index contributed by atoms with van der Waals surface area (Å²) in [6.45, 7) is 8.30. The number of carbonyl (C=O) groups excluding carboxylic acids is 2. The number of benzene rings is 1. The minimum atomic E-state index is -0.819. The van der Waals surface area contributed by atoms with E-state index in [0.29, 0.717) is 18.9 Å². The van der Waals surface area contributed by atoms with Crippen LogP contribution in [0, 0.1) is 11.7 Å². The Balaban J connectivity index is 1.64. The summed E-state index contributed by atoms with van der Waals surface area (Å²) in [7, 11) is 0. The monoisotopic (exact) mass is 455 g/mol. The molecule has 2 atom stereocenters. The van der Waals surface area contributed by atoms with Gasteiger partial charge in [0.25, 0.3) is 5.91 Å². The maximum absolute atomic E-state index is 13.3. The van der Waals surface area contributed by atoms with Gasteiger partial charge >= 0.3 is 0 Å². The molecule has 0 aliphatic carbocycles. The van der Waals surface area contributed by atoms with Gasteiger partial charge in [0.15, 0.2) is 17.2 Å². The van der Waals surface area contributed by atoms with Crippen LogP contribution in [-0.2, 0) is 13.0 Å². The van der Waals surface area contributed by atoms with Gasteiger partial charge in [-0.25, -0.2) is 4.39 Å². The highest BCUT2D eigenvalue weighted by atomic mass is 19.1. The summed E-state index contributed by atoms with van der Waals surface area (Å²) in [5.74, 6) is -1.40.